The average Bonchev–Trinajstić information content (AvgIpc) is 3.23. The van der Waals surface area contributed by atoms with Gasteiger partial charge in [-0.25, -0.2) is 0 Å². The van der Waals surface area contributed by atoms with Crippen LogP contribution in [0.25, 0.3) is 11.0 Å². The van der Waals surface area contributed by atoms with Gasteiger partial charge in [-0.3, -0.25) is 14.6 Å². The van der Waals surface area contributed by atoms with Crippen molar-refractivity contribution in [2.75, 3.05) is 5.73 Å². The van der Waals surface area contributed by atoms with Crippen molar-refractivity contribution in [1.82, 2.24) is 14.5 Å². The summed E-state index contributed by atoms with van der Waals surface area (Å²) in [7, 11) is 0. The lowest BCUT2D eigenvalue weighted by atomic mass is 10.1. The Bertz CT molecular complexity index is 787. The molecule has 1 saturated carbocycles. The maximum atomic E-state index is 12.2. The Hall–Kier alpha value is -2.11. The number of aromatic amines is 1. The van der Waals surface area contributed by atoms with E-state index in [9.17, 15) is 9.59 Å². The molecule has 1 aliphatic rings. The number of nitrogens with zero attached hydrogens (tertiary/aromatic N) is 2. The highest BCUT2D eigenvalue weighted by molar-refractivity contribution is 5.75. The Morgan fingerprint density at radius 2 is 2.19 bits per heavy atom. The third kappa shape index (κ3) is 2.70. The quantitative estimate of drug-likeness (QED) is 0.870. The summed E-state index contributed by atoms with van der Waals surface area (Å²) in [6.07, 6.45) is 5.27. The lowest BCUT2D eigenvalue weighted by Crippen LogP contribution is -2.24. The normalized spacial score (nSPS) is 14.7. The highest BCUT2D eigenvalue weighted by Gasteiger charge is 2.24. The first kappa shape index (κ1) is 13.9. The molecule has 6 nitrogen and oxygen atoms in total. The molecule has 112 valence electrons. The first-order valence-electron chi connectivity index (χ1n) is 7.52. The highest BCUT2D eigenvalue weighted by Crippen LogP contribution is 2.31. The molecule has 0 bridgehead atoms. The largest absolute Gasteiger partial charge is 0.369 e. The van der Waals surface area contributed by atoms with E-state index in [4.69, 9.17) is 5.73 Å². The third-order valence-corrected chi connectivity index (χ3v) is 3.99. The van der Waals surface area contributed by atoms with Crippen LogP contribution in [0.2, 0.25) is 0 Å². The number of pyridine rings is 1. The number of nitrogens with one attached hydrogen (secondary N) is 1. The molecule has 1 aliphatic carbocycles. The Labute approximate surface area is 122 Å². The summed E-state index contributed by atoms with van der Waals surface area (Å²) in [5.74, 6) is 0.683. The van der Waals surface area contributed by atoms with Gasteiger partial charge >= 0.3 is 0 Å². The van der Waals surface area contributed by atoms with E-state index in [0.717, 1.165) is 31.5 Å². The third-order valence-electron chi connectivity index (χ3n) is 3.99. The van der Waals surface area contributed by atoms with E-state index in [1.54, 1.807) is 6.07 Å². The fraction of sp³-hybridized carbons (Fsp3) is 0.533. The molecule has 6 heteroatoms. The zero-order valence-corrected chi connectivity index (χ0v) is 12.2. The van der Waals surface area contributed by atoms with Gasteiger partial charge in [0.25, 0.3) is 5.56 Å². The van der Waals surface area contributed by atoms with Gasteiger partial charge in [0.05, 0.1) is 0 Å². The van der Waals surface area contributed by atoms with Crippen molar-refractivity contribution in [2.45, 2.75) is 45.6 Å². The zero-order chi connectivity index (χ0) is 15.0. The number of anilines is 1. The molecule has 3 rings (SSSR count). The van der Waals surface area contributed by atoms with Crippen molar-refractivity contribution in [3.8, 4) is 0 Å². The molecule has 0 aromatic carbocycles. The minimum absolute atomic E-state index is 0.0593. The van der Waals surface area contributed by atoms with Crippen molar-refractivity contribution in [3.63, 3.8) is 0 Å². The van der Waals surface area contributed by atoms with Crippen molar-refractivity contribution in [3.05, 3.63) is 32.3 Å². The van der Waals surface area contributed by atoms with Crippen LogP contribution in [0.4, 0.5) is 5.95 Å². The van der Waals surface area contributed by atoms with Gasteiger partial charge in [-0.1, -0.05) is 13.3 Å². The second kappa shape index (κ2) is 5.35. The van der Waals surface area contributed by atoms with Gasteiger partial charge in [0.15, 0.2) is 11.1 Å². The van der Waals surface area contributed by atoms with Crippen LogP contribution >= 0.6 is 0 Å². The van der Waals surface area contributed by atoms with E-state index in [-0.39, 0.29) is 16.8 Å². The van der Waals surface area contributed by atoms with E-state index >= 15 is 0 Å². The van der Waals surface area contributed by atoms with Crippen LogP contribution in [0, 0.1) is 5.92 Å². The minimum Gasteiger partial charge on any atom is -0.369 e. The molecule has 1 fully saturated rings. The number of hydrogen-bond donors (Lipinski definition) is 2. The number of aryl methyl sites for hydroxylation is 1. The predicted octanol–water partition coefficient (Wildman–Crippen LogP) is 1.42. The van der Waals surface area contributed by atoms with Crippen molar-refractivity contribution >= 4 is 17.0 Å². The fourth-order valence-electron chi connectivity index (χ4n) is 2.66. The Kier molecular flexibility index (Phi) is 3.53. The molecule has 0 saturated heterocycles. The Morgan fingerprint density at radius 1 is 1.43 bits per heavy atom. The molecule has 2 heterocycles. The summed E-state index contributed by atoms with van der Waals surface area (Å²) in [6.45, 7) is 2.93. The molecule has 0 amide bonds. The van der Waals surface area contributed by atoms with Gasteiger partial charge in [-0.2, -0.15) is 4.98 Å². The molecule has 2 aromatic heterocycles. The van der Waals surface area contributed by atoms with Crippen molar-refractivity contribution in [1.29, 1.82) is 0 Å². The summed E-state index contributed by atoms with van der Waals surface area (Å²) >= 11 is 0. The Morgan fingerprint density at radius 3 is 2.86 bits per heavy atom. The standard InChI is InChI=1S/C15H20N4O2/c1-2-3-4-10-7-11(20)12-13(17-15(16)18-14(12)21)19(10)8-9-5-6-9/h7,9H,2-6,8H2,1H3,(H3,16,17,18,21). The van der Waals surface area contributed by atoms with Crippen LogP contribution < -0.4 is 16.7 Å². The monoisotopic (exact) mass is 288 g/mol. The van der Waals surface area contributed by atoms with Crippen molar-refractivity contribution < 1.29 is 0 Å². The van der Waals surface area contributed by atoms with E-state index < -0.39 is 5.56 Å². The summed E-state index contributed by atoms with van der Waals surface area (Å²) in [5.41, 5.74) is 6.33. The van der Waals surface area contributed by atoms with Crippen LogP contribution in [0.5, 0.6) is 0 Å². The summed E-state index contributed by atoms with van der Waals surface area (Å²) in [4.78, 5) is 30.9. The molecule has 21 heavy (non-hydrogen) atoms. The van der Waals surface area contributed by atoms with E-state index in [1.807, 2.05) is 4.57 Å². The SMILES string of the molecule is CCCCc1cc(=O)c2c(=O)[nH]c(N)nc2n1CC1CC1. The molecular weight excluding hydrogens is 268 g/mol. The highest BCUT2D eigenvalue weighted by atomic mass is 16.1. The van der Waals surface area contributed by atoms with Crippen LogP contribution in [0.1, 0.15) is 38.3 Å². The minimum atomic E-state index is -0.450. The van der Waals surface area contributed by atoms with E-state index in [0.29, 0.717) is 11.6 Å². The van der Waals surface area contributed by atoms with Crippen LogP contribution in [0.3, 0.4) is 0 Å². The summed E-state index contributed by atoms with van der Waals surface area (Å²) in [5, 5.41) is 0.116. The zero-order valence-electron chi connectivity index (χ0n) is 12.2. The Balaban J connectivity index is 2.25. The molecular formula is C15H20N4O2. The molecule has 0 aliphatic heterocycles. The van der Waals surface area contributed by atoms with E-state index in [1.165, 1.54) is 12.8 Å². The van der Waals surface area contributed by atoms with Gasteiger partial charge in [0, 0.05) is 18.3 Å². The number of unbranched alkanes of at least 4 members (excludes halogenated alkanes) is 1. The average molecular weight is 288 g/mol. The first-order chi connectivity index (χ1) is 10.1. The molecule has 0 atom stereocenters. The molecule has 0 spiro atoms. The smallest absolute Gasteiger partial charge is 0.265 e. The van der Waals surface area contributed by atoms with Gasteiger partial charge in [-0.15, -0.1) is 0 Å². The lowest BCUT2D eigenvalue weighted by molar-refractivity contribution is 0.598. The second-order valence-electron chi connectivity index (χ2n) is 5.81. The number of nitrogen functional groups attached to an aromatic ring is 1. The van der Waals surface area contributed by atoms with Gasteiger partial charge < -0.3 is 10.3 Å². The summed E-state index contributed by atoms with van der Waals surface area (Å²) < 4.78 is 2.02. The molecule has 0 unspecified atom stereocenters. The first-order valence-corrected chi connectivity index (χ1v) is 7.52. The summed E-state index contributed by atoms with van der Waals surface area (Å²) in [6, 6.07) is 1.59. The fourth-order valence-corrected chi connectivity index (χ4v) is 2.66. The number of hydrogen-bond acceptors (Lipinski definition) is 4. The second-order valence-corrected chi connectivity index (χ2v) is 5.81. The van der Waals surface area contributed by atoms with Crippen LogP contribution in [-0.4, -0.2) is 14.5 Å². The van der Waals surface area contributed by atoms with Gasteiger partial charge in [0.1, 0.15) is 5.39 Å². The maximum Gasteiger partial charge on any atom is 0.265 e. The topological polar surface area (TPSA) is 93.8 Å². The van der Waals surface area contributed by atoms with Gasteiger partial charge in [-0.05, 0) is 31.6 Å². The number of fused-ring (bicyclic) bond motifs is 1. The van der Waals surface area contributed by atoms with Crippen LogP contribution in [-0.2, 0) is 13.0 Å². The van der Waals surface area contributed by atoms with Gasteiger partial charge in [0.2, 0.25) is 5.95 Å². The number of rotatable bonds is 5. The molecule has 0 radical (unpaired) electrons. The molecule has 2 aromatic rings. The number of aromatic nitrogens is 3. The van der Waals surface area contributed by atoms with Crippen molar-refractivity contribution in [2.24, 2.45) is 5.92 Å². The predicted molar refractivity (Wildman–Crippen MR) is 82.4 cm³/mol. The number of H-pyrrole nitrogens is 1. The lowest BCUT2D eigenvalue weighted by Gasteiger charge is -2.15. The maximum absolute atomic E-state index is 12.2. The molecule has 3 N–H and O–H groups in total. The number of nitrogens with two attached hydrogens (primary N) is 1. The van der Waals surface area contributed by atoms with Crippen LogP contribution in [0.15, 0.2) is 15.7 Å². The van der Waals surface area contributed by atoms with E-state index in [2.05, 4.69) is 16.9 Å².